The van der Waals surface area contributed by atoms with Gasteiger partial charge in [0.15, 0.2) is 0 Å². The Morgan fingerprint density at radius 3 is 2.73 bits per heavy atom. The number of benzene rings is 2. The molecule has 26 heavy (non-hydrogen) atoms. The summed E-state index contributed by atoms with van der Waals surface area (Å²) in [5, 5.41) is 5.02. The number of carbonyl (C=O) groups excluding carboxylic acids is 1. The summed E-state index contributed by atoms with van der Waals surface area (Å²) in [7, 11) is 1.62. The molecule has 0 unspecified atom stereocenters. The lowest BCUT2D eigenvalue weighted by Gasteiger charge is -2.29. The Hall–Kier alpha value is -2.53. The highest BCUT2D eigenvalue weighted by atomic mass is 16.5. The zero-order chi connectivity index (χ0) is 18.1. The molecule has 4 rings (SSSR count). The molecule has 0 bridgehead atoms. The second kappa shape index (κ2) is 7.00. The summed E-state index contributed by atoms with van der Waals surface area (Å²) in [6.07, 6.45) is 2.31. The predicted molar refractivity (Wildman–Crippen MR) is 104 cm³/mol. The van der Waals surface area contributed by atoms with Gasteiger partial charge in [-0.25, -0.2) is 0 Å². The number of carbonyl (C=O) groups is 1. The normalized spacial score (nSPS) is 16.2. The van der Waals surface area contributed by atoms with Gasteiger partial charge in [-0.05, 0) is 44.0 Å². The third-order valence-electron chi connectivity index (χ3n) is 5.22. The number of fused-ring (bicyclic) bond motifs is 3. The number of para-hydroxylation sites is 1. The molecule has 3 aromatic rings. The number of anilines is 1. The molecule has 136 valence electrons. The smallest absolute Gasteiger partial charge is 0.238 e. The van der Waals surface area contributed by atoms with Crippen LogP contribution in [0.25, 0.3) is 21.9 Å². The molecule has 0 radical (unpaired) electrons. The van der Waals surface area contributed by atoms with Gasteiger partial charge < -0.3 is 14.5 Å². The standard InChI is InChI=1S/C21H24N2O3/c1-14-7-9-23(10-8-14)13-21(24)22-17-12-19-16(11-20(17)25-2)15-5-3-4-6-18(15)26-19/h3-6,11-12,14H,7-10,13H2,1-2H3,(H,22,24). The molecule has 5 nitrogen and oxygen atoms in total. The van der Waals surface area contributed by atoms with Gasteiger partial charge in [-0.1, -0.05) is 25.1 Å². The van der Waals surface area contributed by atoms with Gasteiger partial charge in [-0.2, -0.15) is 0 Å². The summed E-state index contributed by atoms with van der Waals surface area (Å²) < 4.78 is 11.4. The average molecular weight is 352 g/mol. The summed E-state index contributed by atoms with van der Waals surface area (Å²) in [6, 6.07) is 11.7. The van der Waals surface area contributed by atoms with E-state index in [1.54, 1.807) is 7.11 Å². The highest BCUT2D eigenvalue weighted by Gasteiger charge is 2.19. The summed E-state index contributed by atoms with van der Waals surface area (Å²) in [5.41, 5.74) is 2.22. The number of ether oxygens (including phenoxy) is 1. The Labute approximate surface area is 152 Å². The maximum absolute atomic E-state index is 12.5. The minimum absolute atomic E-state index is 0.0201. The molecule has 0 aliphatic carbocycles. The average Bonchev–Trinajstić information content (AvgIpc) is 3.00. The van der Waals surface area contributed by atoms with Gasteiger partial charge >= 0.3 is 0 Å². The first-order chi connectivity index (χ1) is 12.6. The molecule has 2 aromatic carbocycles. The largest absolute Gasteiger partial charge is 0.495 e. The van der Waals surface area contributed by atoms with Crippen molar-refractivity contribution in [3.63, 3.8) is 0 Å². The minimum atomic E-state index is -0.0201. The van der Waals surface area contributed by atoms with Gasteiger partial charge in [0.25, 0.3) is 0 Å². The summed E-state index contributed by atoms with van der Waals surface area (Å²) in [6.45, 7) is 4.64. The van der Waals surface area contributed by atoms with Gasteiger partial charge in [0.05, 0.1) is 19.3 Å². The van der Waals surface area contributed by atoms with Crippen molar-refractivity contribution >= 4 is 33.5 Å². The quantitative estimate of drug-likeness (QED) is 0.762. The zero-order valence-corrected chi connectivity index (χ0v) is 15.2. The van der Waals surface area contributed by atoms with E-state index in [4.69, 9.17) is 9.15 Å². The van der Waals surface area contributed by atoms with E-state index in [9.17, 15) is 4.79 Å². The maximum atomic E-state index is 12.5. The first-order valence-electron chi connectivity index (χ1n) is 9.15. The first-order valence-corrected chi connectivity index (χ1v) is 9.15. The molecule has 1 saturated heterocycles. The number of piperidine rings is 1. The van der Waals surface area contributed by atoms with E-state index in [-0.39, 0.29) is 5.91 Å². The summed E-state index contributed by atoms with van der Waals surface area (Å²) in [4.78, 5) is 14.7. The number of amides is 1. The molecule has 1 aliphatic rings. The molecule has 0 atom stereocenters. The van der Waals surface area contributed by atoms with Crippen LogP contribution in [0.2, 0.25) is 0 Å². The molecule has 1 aromatic heterocycles. The van der Waals surface area contributed by atoms with Gasteiger partial charge in [0.2, 0.25) is 5.91 Å². The van der Waals surface area contributed by atoms with Crippen LogP contribution >= 0.6 is 0 Å². The molecule has 0 spiro atoms. The highest BCUT2D eigenvalue weighted by molar-refractivity contribution is 6.07. The van der Waals surface area contributed by atoms with Crippen LogP contribution in [-0.4, -0.2) is 37.6 Å². The Balaban J connectivity index is 1.57. The highest BCUT2D eigenvalue weighted by Crippen LogP contribution is 2.36. The summed E-state index contributed by atoms with van der Waals surface area (Å²) in [5.74, 6) is 1.38. The second-order valence-electron chi connectivity index (χ2n) is 7.15. The van der Waals surface area contributed by atoms with Crippen molar-refractivity contribution in [3.05, 3.63) is 36.4 Å². The topological polar surface area (TPSA) is 54.7 Å². The Kier molecular flexibility index (Phi) is 4.55. The molecule has 1 amide bonds. The molecule has 1 N–H and O–H groups in total. The molecular weight excluding hydrogens is 328 g/mol. The van der Waals surface area contributed by atoms with Crippen LogP contribution in [0.5, 0.6) is 5.75 Å². The predicted octanol–water partition coefficient (Wildman–Crippen LogP) is 4.27. The first kappa shape index (κ1) is 16.9. The van der Waals surface area contributed by atoms with Crippen molar-refractivity contribution in [3.8, 4) is 5.75 Å². The molecule has 2 heterocycles. The fraction of sp³-hybridized carbons (Fsp3) is 0.381. The number of nitrogens with zero attached hydrogens (tertiary/aromatic N) is 1. The van der Waals surface area contributed by atoms with E-state index < -0.39 is 0 Å². The van der Waals surface area contributed by atoms with E-state index in [0.29, 0.717) is 18.0 Å². The Bertz CT molecular complexity index is 939. The van der Waals surface area contributed by atoms with Crippen LogP contribution < -0.4 is 10.1 Å². The number of hydrogen-bond donors (Lipinski definition) is 1. The van der Waals surface area contributed by atoms with Crippen LogP contribution in [0.4, 0.5) is 5.69 Å². The number of furan rings is 1. The molecule has 0 saturated carbocycles. The van der Waals surface area contributed by atoms with Crippen molar-refractivity contribution in [1.29, 1.82) is 0 Å². The fourth-order valence-corrected chi connectivity index (χ4v) is 3.63. The van der Waals surface area contributed by atoms with Crippen LogP contribution in [-0.2, 0) is 4.79 Å². The zero-order valence-electron chi connectivity index (χ0n) is 15.2. The SMILES string of the molecule is COc1cc2c(cc1NC(=O)CN1CCC(C)CC1)oc1ccccc12. The Morgan fingerprint density at radius 1 is 1.19 bits per heavy atom. The van der Waals surface area contributed by atoms with Crippen LogP contribution in [0.15, 0.2) is 40.8 Å². The van der Waals surface area contributed by atoms with E-state index in [0.717, 1.165) is 53.8 Å². The van der Waals surface area contributed by atoms with Gasteiger partial charge in [0, 0.05) is 16.8 Å². The number of methoxy groups -OCH3 is 1. The number of nitrogens with one attached hydrogen (secondary N) is 1. The van der Waals surface area contributed by atoms with Crippen molar-refractivity contribution in [2.24, 2.45) is 5.92 Å². The van der Waals surface area contributed by atoms with Crippen LogP contribution in [0, 0.1) is 5.92 Å². The number of likely N-dealkylation sites (tertiary alicyclic amines) is 1. The molecule has 1 fully saturated rings. The van der Waals surface area contributed by atoms with Crippen molar-refractivity contribution < 1.29 is 13.9 Å². The van der Waals surface area contributed by atoms with Gasteiger partial charge in [0.1, 0.15) is 16.9 Å². The van der Waals surface area contributed by atoms with Crippen molar-refractivity contribution in [2.75, 3.05) is 32.1 Å². The Morgan fingerprint density at radius 2 is 1.96 bits per heavy atom. The number of rotatable bonds is 4. The third kappa shape index (κ3) is 3.27. The van der Waals surface area contributed by atoms with Crippen LogP contribution in [0.3, 0.4) is 0 Å². The van der Waals surface area contributed by atoms with Crippen LogP contribution in [0.1, 0.15) is 19.8 Å². The third-order valence-corrected chi connectivity index (χ3v) is 5.22. The monoisotopic (exact) mass is 352 g/mol. The molecular formula is C21H24N2O3. The van der Waals surface area contributed by atoms with E-state index in [2.05, 4.69) is 17.1 Å². The fourth-order valence-electron chi connectivity index (χ4n) is 3.63. The van der Waals surface area contributed by atoms with E-state index >= 15 is 0 Å². The van der Waals surface area contributed by atoms with Crippen molar-refractivity contribution in [2.45, 2.75) is 19.8 Å². The lowest BCUT2D eigenvalue weighted by Crippen LogP contribution is -2.38. The molecule has 1 aliphatic heterocycles. The van der Waals surface area contributed by atoms with Gasteiger partial charge in [-0.15, -0.1) is 0 Å². The second-order valence-corrected chi connectivity index (χ2v) is 7.15. The van der Waals surface area contributed by atoms with E-state index in [1.807, 2.05) is 36.4 Å². The maximum Gasteiger partial charge on any atom is 0.238 e. The lowest BCUT2D eigenvalue weighted by atomic mass is 9.99. The number of hydrogen-bond acceptors (Lipinski definition) is 4. The lowest BCUT2D eigenvalue weighted by molar-refractivity contribution is -0.117. The van der Waals surface area contributed by atoms with E-state index in [1.165, 1.54) is 0 Å². The molecule has 5 heteroatoms. The minimum Gasteiger partial charge on any atom is -0.495 e. The van der Waals surface area contributed by atoms with Gasteiger partial charge in [-0.3, -0.25) is 9.69 Å². The van der Waals surface area contributed by atoms with Crippen molar-refractivity contribution in [1.82, 2.24) is 4.90 Å². The summed E-state index contributed by atoms with van der Waals surface area (Å²) >= 11 is 0.